The number of nitrogens with two attached hydrogens (primary N) is 1. The van der Waals surface area contributed by atoms with Crippen molar-refractivity contribution in [1.82, 2.24) is 5.32 Å². The molecule has 0 aliphatic carbocycles. The highest BCUT2D eigenvalue weighted by Crippen LogP contribution is 2.32. The summed E-state index contributed by atoms with van der Waals surface area (Å²) in [5.41, 5.74) is 5.26. The second-order valence-corrected chi connectivity index (χ2v) is 6.98. The lowest BCUT2D eigenvalue weighted by Crippen LogP contribution is -2.52. The van der Waals surface area contributed by atoms with E-state index in [0.717, 1.165) is 0 Å². The largest absolute Gasteiger partial charge is 0.392 e. The standard InChI is InChI=1S/C14H26N2O2S/c1-10(13(2,3)4)9-16-12(17)14(11(15)19)5-7-18-8-6-14/h10H,5-9H2,1-4H3,(H2,15,19)(H,16,17). The number of nitrogens with one attached hydrogen (secondary N) is 1. The van der Waals surface area contributed by atoms with E-state index >= 15 is 0 Å². The Morgan fingerprint density at radius 2 is 1.95 bits per heavy atom. The van der Waals surface area contributed by atoms with E-state index in [-0.39, 0.29) is 16.3 Å². The van der Waals surface area contributed by atoms with Crippen LogP contribution in [0.25, 0.3) is 0 Å². The summed E-state index contributed by atoms with van der Waals surface area (Å²) in [5.74, 6) is 0.346. The Hall–Kier alpha value is -0.680. The lowest BCUT2D eigenvalue weighted by molar-refractivity contribution is -0.131. The summed E-state index contributed by atoms with van der Waals surface area (Å²) < 4.78 is 5.31. The van der Waals surface area contributed by atoms with Gasteiger partial charge in [-0.25, -0.2) is 0 Å². The second-order valence-electron chi connectivity index (χ2n) is 6.54. The van der Waals surface area contributed by atoms with Gasteiger partial charge < -0.3 is 15.8 Å². The van der Waals surface area contributed by atoms with Crippen molar-refractivity contribution in [2.75, 3.05) is 19.8 Å². The van der Waals surface area contributed by atoms with Gasteiger partial charge in [0.05, 0.1) is 4.99 Å². The van der Waals surface area contributed by atoms with E-state index in [1.807, 2.05) is 0 Å². The Labute approximate surface area is 121 Å². The molecule has 5 heteroatoms. The maximum absolute atomic E-state index is 12.5. The molecule has 110 valence electrons. The summed E-state index contributed by atoms with van der Waals surface area (Å²) in [5, 5.41) is 3.02. The molecule has 1 fully saturated rings. The number of carbonyl (C=O) groups excluding carboxylic acids is 1. The van der Waals surface area contributed by atoms with E-state index in [2.05, 4.69) is 33.0 Å². The van der Waals surface area contributed by atoms with E-state index in [9.17, 15) is 4.79 Å². The van der Waals surface area contributed by atoms with E-state index in [1.165, 1.54) is 0 Å². The summed E-state index contributed by atoms with van der Waals surface area (Å²) in [4.78, 5) is 12.7. The van der Waals surface area contributed by atoms with Crippen LogP contribution in [0.4, 0.5) is 0 Å². The minimum Gasteiger partial charge on any atom is -0.392 e. The molecule has 1 amide bonds. The van der Waals surface area contributed by atoms with Crippen LogP contribution in [-0.2, 0) is 9.53 Å². The first-order valence-electron chi connectivity index (χ1n) is 6.86. The molecule has 0 radical (unpaired) electrons. The molecule has 1 saturated heterocycles. The number of hydrogen-bond acceptors (Lipinski definition) is 3. The summed E-state index contributed by atoms with van der Waals surface area (Å²) in [6.07, 6.45) is 1.16. The van der Waals surface area contributed by atoms with Gasteiger partial charge in [0.1, 0.15) is 5.41 Å². The zero-order valence-corrected chi connectivity index (χ0v) is 13.2. The van der Waals surface area contributed by atoms with Crippen LogP contribution in [0.15, 0.2) is 0 Å². The highest BCUT2D eigenvalue weighted by molar-refractivity contribution is 7.80. The van der Waals surface area contributed by atoms with Gasteiger partial charge in [-0.1, -0.05) is 39.9 Å². The predicted molar refractivity (Wildman–Crippen MR) is 80.9 cm³/mol. The molecule has 1 aliphatic rings. The number of rotatable bonds is 4. The first kappa shape index (κ1) is 16.4. The average molecular weight is 286 g/mol. The molecule has 0 aromatic heterocycles. The van der Waals surface area contributed by atoms with Crippen LogP contribution in [0.1, 0.15) is 40.5 Å². The van der Waals surface area contributed by atoms with Gasteiger partial charge in [-0.3, -0.25) is 4.79 Å². The molecule has 0 saturated carbocycles. The molecule has 1 atom stereocenters. The number of ether oxygens (including phenoxy) is 1. The smallest absolute Gasteiger partial charge is 0.233 e. The molecule has 0 aromatic carbocycles. The third-order valence-corrected chi connectivity index (χ3v) is 4.69. The van der Waals surface area contributed by atoms with Crippen LogP contribution in [0.3, 0.4) is 0 Å². The second kappa shape index (κ2) is 6.18. The van der Waals surface area contributed by atoms with E-state index < -0.39 is 5.41 Å². The fourth-order valence-corrected chi connectivity index (χ4v) is 2.32. The highest BCUT2D eigenvalue weighted by Gasteiger charge is 2.43. The number of thiocarbonyl (C=S) groups is 1. The fraction of sp³-hybridized carbons (Fsp3) is 0.857. The van der Waals surface area contributed by atoms with Gasteiger partial charge in [0.25, 0.3) is 0 Å². The molecule has 0 bridgehead atoms. The molecule has 3 N–H and O–H groups in total. The Morgan fingerprint density at radius 1 is 1.42 bits per heavy atom. The predicted octanol–water partition coefficient (Wildman–Crippen LogP) is 1.87. The molecule has 1 unspecified atom stereocenters. The molecular weight excluding hydrogens is 260 g/mol. The van der Waals surface area contributed by atoms with Crippen LogP contribution in [-0.4, -0.2) is 30.7 Å². The maximum Gasteiger partial charge on any atom is 0.233 e. The quantitative estimate of drug-likeness (QED) is 0.774. The topological polar surface area (TPSA) is 64.4 Å². The SMILES string of the molecule is CC(CNC(=O)C1(C(N)=S)CCOCC1)C(C)(C)C. The van der Waals surface area contributed by atoms with E-state index in [4.69, 9.17) is 22.7 Å². The van der Waals surface area contributed by atoms with Crippen molar-refractivity contribution in [3.05, 3.63) is 0 Å². The number of hydrogen-bond donors (Lipinski definition) is 2. The molecule has 0 aromatic rings. The van der Waals surface area contributed by atoms with Gasteiger partial charge in [0, 0.05) is 19.8 Å². The lowest BCUT2D eigenvalue weighted by Gasteiger charge is -2.36. The molecule has 0 spiro atoms. The molecular formula is C14H26N2O2S. The van der Waals surface area contributed by atoms with Crippen LogP contribution in [0, 0.1) is 16.7 Å². The summed E-state index contributed by atoms with van der Waals surface area (Å²) in [7, 11) is 0. The number of carbonyl (C=O) groups is 1. The first-order chi connectivity index (χ1) is 8.70. The number of amides is 1. The van der Waals surface area contributed by atoms with E-state index in [0.29, 0.717) is 38.5 Å². The zero-order valence-electron chi connectivity index (χ0n) is 12.4. The normalized spacial score (nSPS) is 20.6. The molecule has 1 heterocycles. The Kier molecular flexibility index (Phi) is 5.33. The summed E-state index contributed by atoms with van der Waals surface area (Å²) in [6.45, 7) is 10.4. The van der Waals surface area contributed by atoms with Gasteiger partial charge in [-0.05, 0) is 24.2 Å². The highest BCUT2D eigenvalue weighted by atomic mass is 32.1. The Balaban J connectivity index is 2.66. The minimum absolute atomic E-state index is 0.0422. The van der Waals surface area contributed by atoms with Crippen LogP contribution >= 0.6 is 12.2 Å². The molecule has 1 aliphatic heterocycles. The van der Waals surface area contributed by atoms with Crippen LogP contribution in [0.2, 0.25) is 0 Å². The van der Waals surface area contributed by atoms with Crippen molar-refractivity contribution >= 4 is 23.1 Å². The van der Waals surface area contributed by atoms with Gasteiger partial charge in [-0.15, -0.1) is 0 Å². The Morgan fingerprint density at radius 3 is 2.37 bits per heavy atom. The zero-order chi connectivity index (χ0) is 14.7. The summed E-state index contributed by atoms with van der Waals surface area (Å²) in [6, 6.07) is 0. The van der Waals surface area contributed by atoms with Crippen molar-refractivity contribution in [1.29, 1.82) is 0 Å². The lowest BCUT2D eigenvalue weighted by atomic mass is 9.78. The third-order valence-electron chi connectivity index (χ3n) is 4.30. The average Bonchev–Trinajstić information content (AvgIpc) is 2.34. The van der Waals surface area contributed by atoms with Crippen molar-refractivity contribution < 1.29 is 9.53 Å². The van der Waals surface area contributed by atoms with Crippen molar-refractivity contribution in [2.24, 2.45) is 22.5 Å². The Bertz CT molecular complexity index is 344. The van der Waals surface area contributed by atoms with Crippen LogP contribution < -0.4 is 11.1 Å². The maximum atomic E-state index is 12.5. The van der Waals surface area contributed by atoms with Crippen molar-refractivity contribution in [2.45, 2.75) is 40.5 Å². The van der Waals surface area contributed by atoms with Gasteiger partial charge in [0.2, 0.25) is 5.91 Å². The molecule has 1 rings (SSSR count). The van der Waals surface area contributed by atoms with Crippen molar-refractivity contribution in [3.63, 3.8) is 0 Å². The first-order valence-corrected chi connectivity index (χ1v) is 7.27. The molecule has 4 nitrogen and oxygen atoms in total. The van der Waals surface area contributed by atoms with Gasteiger partial charge >= 0.3 is 0 Å². The van der Waals surface area contributed by atoms with Crippen molar-refractivity contribution in [3.8, 4) is 0 Å². The van der Waals surface area contributed by atoms with Gasteiger partial charge in [0.15, 0.2) is 0 Å². The monoisotopic (exact) mass is 286 g/mol. The third kappa shape index (κ3) is 3.89. The van der Waals surface area contributed by atoms with Crippen LogP contribution in [0.5, 0.6) is 0 Å². The fourth-order valence-electron chi connectivity index (χ4n) is 2.03. The molecule has 19 heavy (non-hydrogen) atoms. The van der Waals surface area contributed by atoms with Gasteiger partial charge in [-0.2, -0.15) is 0 Å². The minimum atomic E-state index is -0.717. The van der Waals surface area contributed by atoms with E-state index in [1.54, 1.807) is 0 Å². The summed E-state index contributed by atoms with van der Waals surface area (Å²) >= 11 is 5.12.